The minimum atomic E-state index is -3.59. The molecular weight excluding hydrogens is 406 g/mol. The summed E-state index contributed by atoms with van der Waals surface area (Å²) >= 11 is 0. The van der Waals surface area contributed by atoms with Crippen molar-refractivity contribution in [1.29, 1.82) is 0 Å². The van der Waals surface area contributed by atoms with E-state index in [1.54, 1.807) is 31.2 Å². The molecule has 1 heterocycles. The highest BCUT2D eigenvalue weighted by atomic mass is 32.2. The third-order valence-electron chi connectivity index (χ3n) is 4.95. The second-order valence-corrected chi connectivity index (χ2v) is 9.05. The number of carbonyl (C=O) groups excluding carboxylic acids is 1. The van der Waals surface area contributed by atoms with Gasteiger partial charge in [0.15, 0.2) is 0 Å². The largest absolute Gasteiger partial charge is 0.322 e. The van der Waals surface area contributed by atoms with E-state index in [-0.39, 0.29) is 10.6 Å². The van der Waals surface area contributed by atoms with Crippen molar-refractivity contribution >= 4 is 33.4 Å². The molecule has 30 heavy (non-hydrogen) atoms. The second-order valence-electron chi connectivity index (χ2n) is 7.11. The van der Waals surface area contributed by atoms with Crippen molar-refractivity contribution in [3.8, 4) is 0 Å². The number of hydrogen-bond acceptors (Lipinski definition) is 5. The zero-order chi connectivity index (χ0) is 21.7. The summed E-state index contributed by atoms with van der Waals surface area (Å²) in [5.74, 6) is -0.427. The molecule has 0 bridgehead atoms. The fourth-order valence-corrected chi connectivity index (χ4v) is 4.75. The van der Waals surface area contributed by atoms with Crippen LogP contribution in [0.4, 0.5) is 11.4 Å². The van der Waals surface area contributed by atoms with Crippen LogP contribution in [0.15, 0.2) is 53.4 Å². The van der Waals surface area contributed by atoms with Crippen LogP contribution in [-0.2, 0) is 14.8 Å². The Morgan fingerprint density at radius 1 is 1.10 bits per heavy atom. The van der Waals surface area contributed by atoms with Gasteiger partial charge in [-0.2, -0.15) is 4.31 Å². The van der Waals surface area contributed by atoms with Gasteiger partial charge >= 0.3 is 0 Å². The molecule has 2 aromatic carbocycles. The molecule has 1 aliphatic heterocycles. The standard InChI is InChI=1S/C21H23N3O5S/c1-16-5-11-19(30(28,29)23-13-3-2-4-14-23)15-20(16)22-21(25)12-8-17-6-9-18(10-7-17)24(26)27/h5-12,15H,2-4,13-14H2,1H3,(H,22,25). The average Bonchev–Trinajstić information content (AvgIpc) is 2.74. The van der Waals surface area contributed by atoms with Crippen molar-refractivity contribution in [1.82, 2.24) is 4.31 Å². The lowest BCUT2D eigenvalue weighted by Crippen LogP contribution is -2.35. The number of anilines is 1. The van der Waals surface area contributed by atoms with Crippen LogP contribution < -0.4 is 5.32 Å². The lowest BCUT2D eigenvalue weighted by Gasteiger charge is -2.26. The Morgan fingerprint density at radius 2 is 1.77 bits per heavy atom. The predicted octanol–water partition coefficient (Wildman–Crippen LogP) is 3.73. The summed E-state index contributed by atoms with van der Waals surface area (Å²) in [4.78, 5) is 22.7. The number of nitro groups is 1. The Hall–Kier alpha value is -3.04. The summed E-state index contributed by atoms with van der Waals surface area (Å²) in [5, 5.41) is 13.4. The topological polar surface area (TPSA) is 110 Å². The summed E-state index contributed by atoms with van der Waals surface area (Å²) in [7, 11) is -3.59. The normalized spacial score (nSPS) is 15.2. The van der Waals surface area contributed by atoms with E-state index in [0.29, 0.717) is 24.3 Å². The highest BCUT2D eigenvalue weighted by Crippen LogP contribution is 2.25. The van der Waals surface area contributed by atoms with E-state index in [0.717, 1.165) is 24.8 Å². The summed E-state index contributed by atoms with van der Waals surface area (Å²) in [6.45, 7) is 2.80. The quantitative estimate of drug-likeness (QED) is 0.427. The monoisotopic (exact) mass is 429 g/mol. The molecule has 0 spiro atoms. The number of aryl methyl sites for hydroxylation is 1. The molecule has 0 saturated carbocycles. The Balaban J connectivity index is 1.73. The van der Waals surface area contributed by atoms with Crippen molar-refractivity contribution in [2.75, 3.05) is 18.4 Å². The third-order valence-corrected chi connectivity index (χ3v) is 6.85. The average molecular weight is 429 g/mol. The van der Waals surface area contributed by atoms with Crippen molar-refractivity contribution in [2.45, 2.75) is 31.1 Å². The van der Waals surface area contributed by atoms with E-state index in [9.17, 15) is 23.3 Å². The number of non-ortho nitro benzene ring substituents is 1. The zero-order valence-corrected chi connectivity index (χ0v) is 17.4. The maximum Gasteiger partial charge on any atom is 0.269 e. The first-order chi connectivity index (χ1) is 14.3. The molecule has 1 saturated heterocycles. The van der Waals surface area contributed by atoms with Gasteiger partial charge in [0.2, 0.25) is 15.9 Å². The summed E-state index contributed by atoms with van der Waals surface area (Å²) < 4.78 is 27.2. The first kappa shape index (κ1) is 21.7. The lowest BCUT2D eigenvalue weighted by molar-refractivity contribution is -0.384. The molecule has 1 N–H and O–H groups in total. The van der Waals surface area contributed by atoms with Gasteiger partial charge in [0, 0.05) is 37.0 Å². The minimum absolute atomic E-state index is 0.0287. The SMILES string of the molecule is Cc1ccc(S(=O)(=O)N2CCCCC2)cc1NC(=O)C=Cc1ccc([N+](=O)[O-])cc1. The molecule has 1 aliphatic rings. The van der Waals surface area contributed by atoms with Crippen LogP contribution in [0.1, 0.15) is 30.4 Å². The van der Waals surface area contributed by atoms with Gasteiger partial charge in [0.25, 0.3) is 5.69 Å². The van der Waals surface area contributed by atoms with Crippen LogP contribution in [0.5, 0.6) is 0 Å². The number of nitrogens with zero attached hydrogens (tertiary/aromatic N) is 2. The summed E-state index contributed by atoms with van der Waals surface area (Å²) in [6.07, 6.45) is 5.56. The van der Waals surface area contributed by atoms with Gasteiger partial charge in [-0.05, 0) is 61.2 Å². The van der Waals surface area contributed by atoms with E-state index in [1.807, 2.05) is 0 Å². The number of hydrogen-bond donors (Lipinski definition) is 1. The number of benzene rings is 2. The maximum atomic E-state index is 12.9. The Morgan fingerprint density at radius 3 is 2.40 bits per heavy atom. The molecule has 0 unspecified atom stereocenters. The molecule has 0 aromatic heterocycles. The van der Waals surface area contributed by atoms with Gasteiger partial charge in [-0.25, -0.2) is 8.42 Å². The van der Waals surface area contributed by atoms with Crippen LogP contribution in [0.2, 0.25) is 0 Å². The first-order valence-corrected chi connectivity index (χ1v) is 11.1. The fraction of sp³-hybridized carbons (Fsp3) is 0.286. The fourth-order valence-electron chi connectivity index (χ4n) is 3.20. The number of nitro benzene ring substituents is 1. The Bertz CT molecular complexity index is 1070. The number of amides is 1. The molecule has 0 radical (unpaired) electrons. The molecule has 0 atom stereocenters. The van der Waals surface area contributed by atoms with Crippen molar-refractivity contribution in [2.24, 2.45) is 0 Å². The number of piperidine rings is 1. The maximum absolute atomic E-state index is 12.9. The Labute approximate surface area is 175 Å². The number of carbonyl (C=O) groups is 1. The number of sulfonamides is 1. The number of nitrogens with one attached hydrogen (secondary N) is 1. The zero-order valence-electron chi connectivity index (χ0n) is 16.6. The molecule has 3 rings (SSSR count). The molecular formula is C21H23N3O5S. The van der Waals surface area contributed by atoms with Crippen molar-refractivity contribution in [3.63, 3.8) is 0 Å². The summed E-state index contributed by atoms with van der Waals surface area (Å²) in [5.41, 5.74) is 1.77. The van der Waals surface area contributed by atoms with E-state index >= 15 is 0 Å². The van der Waals surface area contributed by atoms with Gasteiger partial charge < -0.3 is 5.32 Å². The smallest absolute Gasteiger partial charge is 0.269 e. The highest BCUT2D eigenvalue weighted by Gasteiger charge is 2.26. The van der Waals surface area contributed by atoms with E-state index in [1.165, 1.54) is 34.7 Å². The van der Waals surface area contributed by atoms with Crippen LogP contribution in [0.25, 0.3) is 6.08 Å². The van der Waals surface area contributed by atoms with Gasteiger partial charge in [0.1, 0.15) is 0 Å². The van der Waals surface area contributed by atoms with Gasteiger partial charge in [0.05, 0.1) is 9.82 Å². The number of rotatable bonds is 6. The second kappa shape index (κ2) is 9.19. The first-order valence-electron chi connectivity index (χ1n) is 9.62. The highest BCUT2D eigenvalue weighted by molar-refractivity contribution is 7.89. The van der Waals surface area contributed by atoms with Crippen LogP contribution in [0.3, 0.4) is 0 Å². The van der Waals surface area contributed by atoms with Crippen LogP contribution >= 0.6 is 0 Å². The van der Waals surface area contributed by atoms with Gasteiger partial charge in [-0.3, -0.25) is 14.9 Å². The van der Waals surface area contributed by atoms with E-state index < -0.39 is 20.9 Å². The van der Waals surface area contributed by atoms with E-state index in [4.69, 9.17) is 0 Å². The molecule has 0 aliphatic carbocycles. The minimum Gasteiger partial charge on any atom is -0.322 e. The third kappa shape index (κ3) is 5.11. The predicted molar refractivity (Wildman–Crippen MR) is 115 cm³/mol. The Kier molecular flexibility index (Phi) is 6.63. The van der Waals surface area contributed by atoms with Crippen molar-refractivity contribution < 1.29 is 18.1 Å². The van der Waals surface area contributed by atoms with Crippen molar-refractivity contribution in [3.05, 3.63) is 69.8 Å². The van der Waals surface area contributed by atoms with Crippen LogP contribution in [-0.4, -0.2) is 36.6 Å². The lowest BCUT2D eigenvalue weighted by atomic mass is 10.2. The van der Waals surface area contributed by atoms with Gasteiger partial charge in [-0.15, -0.1) is 0 Å². The van der Waals surface area contributed by atoms with Crippen LogP contribution in [0, 0.1) is 17.0 Å². The molecule has 158 valence electrons. The molecule has 1 amide bonds. The molecule has 8 nitrogen and oxygen atoms in total. The van der Waals surface area contributed by atoms with E-state index in [2.05, 4.69) is 5.32 Å². The molecule has 2 aromatic rings. The molecule has 9 heteroatoms. The van der Waals surface area contributed by atoms with Gasteiger partial charge in [-0.1, -0.05) is 12.5 Å². The summed E-state index contributed by atoms with van der Waals surface area (Å²) in [6, 6.07) is 10.5. The molecule has 1 fully saturated rings.